The van der Waals surface area contributed by atoms with E-state index in [0.29, 0.717) is 0 Å². The van der Waals surface area contributed by atoms with Gasteiger partial charge in [0.15, 0.2) is 0 Å². The van der Waals surface area contributed by atoms with Crippen LogP contribution in [0.4, 0.5) is 0 Å². The molecule has 0 bridgehead atoms. The predicted molar refractivity (Wildman–Crippen MR) is 115 cm³/mol. The van der Waals surface area contributed by atoms with E-state index in [9.17, 15) is 38.9 Å². The first-order chi connectivity index (χ1) is 14.3. The molecule has 3 rings (SSSR count). The fourth-order valence-electron chi connectivity index (χ4n) is 2.97. The SMILES string of the molecule is O=S(=O)(O)c1ccccc1P(c1ccccc1S(=O)(=O)O)c1ccccc1S(=O)(=O)O.[Na+]. The van der Waals surface area contributed by atoms with E-state index in [-0.39, 0.29) is 45.5 Å². The van der Waals surface area contributed by atoms with Gasteiger partial charge in [-0.05, 0) is 26.1 Å². The maximum Gasteiger partial charge on any atom is 1.00 e. The summed E-state index contributed by atoms with van der Waals surface area (Å²) in [6.45, 7) is 0. The van der Waals surface area contributed by atoms with Crippen LogP contribution in [0.2, 0.25) is 0 Å². The van der Waals surface area contributed by atoms with Gasteiger partial charge >= 0.3 is 29.6 Å². The Balaban J connectivity index is 0.00000363. The molecule has 0 spiro atoms. The van der Waals surface area contributed by atoms with Gasteiger partial charge in [0.25, 0.3) is 30.4 Å². The van der Waals surface area contributed by atoms with Crippen LogP contribution in [-0.4, -0.2) is 38.9 Å². The Morgan fingerprint density at radius 1 is 0.469 bits per heavy atom. The smallest absolute Gasteiger partial charge is 0.282 e. The zero-order chi connectivity index (χ0) is 23.0. The molecule has 0 heterocycles. The monoisotopic (exact) mass is 525 g/mol. The molecular formula is C18H15NaO9PS3+. The Bertz CT molecular complexity index is 1290. The Labute approximate surface area is 208 Å². The van der Waals surface area contributed by atoms with E-state index in [1.54, 1.807) is 0 Å². The average molecular weight is 525 g/mol. The molecule has 9 nitrogen and oxygen atoms in total. The molecule has 0 aliphatic rings. The third-order valence-electron chi connectivity index (χ3n) is 4.15. The maximum atomic E-state index is 12.0. The first kappa shape index (κ1) is 27.1. The number of hydrogen-bond acceptors (Lipinski definition) is 6. The van der Waals surface area contributed by atoms with Gasteiger partial charge in [0, 0.05) is 15.9 Å². The molecule has 0 aromatic heterocycles. The van der Waals surface area contributed by atoms with E-state index in [2.05, 4.69) is 0 Å². The fraction of sp³-hybridized carbons (Fsp3) is 0. The molecule has 0 aliphatic heterocycles. The van der Waals surface area contributed by atoms with Crippen LogP contribution in [0.1, 0.15) is 0 Å². The molecule has 0 saturated heterocycles. The summed E-state index contributed by atoms with van der Waals surface area (Å²) in [5.41, 5.74) is 0. The van der Waals surface area contributed by atoms with Crippen LogP contribution in [0.15, 0.2) is 87.5 Å². The molecule has 3 aromatic rings. The number of rotatable bonds is 6. The van der Waals surface area contributed by atoms with Crippen molar-refractivity contribution in [2.24, 2.45) is 0 Å². The first-order valence-electron chi connectivity index (χ1n) is 8.31. The largest absolute Gasteiger partial charge is 1.00 e. The molecule has 0 aliphatic carbocycles. The minimum atomic E-state index is -4.80. The van der Waals surface area contributed by atoms with Crippen molar-refractivity contribution in [3.63, 3.8) is 0 Å². The van der Waals surface area contributed by atoms with Crippen molar-refractivity contribution in [3.05, 3.63) is 72.8 Å². The second-order valence-corrected chi connectivity index (χ2v) is 12.4. The third-order valence-corrected chi connectivity index (χ3v) is 9.96. The van der Waals surface area contributed by atoms with Crippen LogP contribution in [0.25, 0.3) is 0 Å². The molecule has 0 atom stereocenters. The second-order valence-electron chi connectivity index (χ2n) is 6.16. The van der Waals surface area contributed by atoms with Gasteiger partial charge in [0.05, 0.1) is 0 Å². The van der Waals surface area contributed by atoms with Gasteiger partial charge in [0.1, 0.15) is 14.7 Å². The molecule has 164 valence electrons. The summed E-state index contributed by atoms with van der Waals surface area (Å²) in [6, 6.07) is 15.3. The minimum absolute atomic E-state index is 0. The van der Waals surface area contributed by atoms with Crippen LogP contribution < -0.4 is 45.5 Å². The van der Waals surface area contributed by atoms with Crippen molar-refractivity contribution in [3.8, 4) is 0 Å². The quantitative estimate of drug-likeness (QED) is 0.191. The van der Waals surface area contributed by atoms with Crippen molar-refractivity contribution in [1.82, 2.24) is 0 Å². The maximum absolute atomic E-state index is 12.0. The van der Waals surface area contributed by atoms with Gasteiger partial charge in [0.2, 0.25) is 0 Å². The van der Waals surface area contributed by atoms with Gasteiger partial charge in [-0.3, -0.25) is 13.7 Å². The van der Waals surface area contributed by atoms with Crippen molar-refractivity contribution in [2.45, 2.75) is 14.7 Å². The normalized spacial score (nSPS) is 12.4. The Hall–Kier alpha value is -1.18. The van der Waals surface area contributed by atoms with Gasteiger partial charge in [-0.1, -0.05) is 54.6 Å². The van der Waals surface area contributed by atoms with E-state index in [0.717, 1.165) is 18.2 Å². The number of benzene rings is 3. The van der Waals surface area contributed by atoms with Gasteiger partial charge in [-0.2, -0.15) is 25.3 Å². The van der Waals surface area contributed by atoms with Crippen LogP contribution in [-0.2, 0) is 30.4 Å². The zero-order valence-electron chi connectivity index (χ0n) is 16.4. The van der Waals surface area contributed by atoms with E-state index in [1.165, 1.54) is 54.6 Å². The van der Waals surface area contributed by atoms with Gasteiger partial charge < -0.3 is 0 Å². The molecule has 0 unspecified atom stereocenters. The van der Waals surface area contributed by atoms with Crippen LogP contribution >= 0.6 is 7.92 Å². The van der Waals surface area contributed by atoms with Crippen LogP contribution in [0, 0.1) is 0 Å². The zero-order valence-corrected chi connectivity index (χ0v) is 21.7. The molecule has 3 aromatic carbocycles. The summed E-state index contributed by atoms with van der Waals surface area (Å²) in [4.78, 5) is -1.72. The molecule has 0 radical (unpaired) electrons. The van der Waals surface area contributed by atoms with Crippen LogP contribution in [0.5, 0.6) is 0 Å². The molecular weight excluding hydrogens is 510 g/mol. The molecule has 0 amide bonds. The molecule has 3 N–H and O–H groups in total. The molecule has 14 heteroatoms. The standard InChI is InChI=1S/C18H15O9PS3.Na/c19-29(20,21)16-10-4-1-7-13(16)28(14-8-2-5-11-17(14)30(22,23)24)15-9-3-6-12-18(15)31(25,26)27;/h1-12H,(H,19,20,21)(H,22,23,24)(H,25,26,27);/q;+1. The molecule has 0 fully saturated rings. The summed E-state index contributed by atoms with van der Waals surface area (Å²) in [6.07, 6.45) is 0. The fourth-order valence-corrected chi connectivity index (χ4v) is 8.95. The van der Waals surface area contributed by atoms with Crippen molar-refractivity contribution >= 4 is 54.2 Å². The van der Waals surface area contributed by atoms with Crippen molar-refractivity contribution in [2.75, 3.05) is 0 Å². The minimum Gasteiger partial charge on any atom is -0.282 e. The Kier molecular flexibility index (Phi) is 8.44. The Morgan fingerprint density at radius 2 is 0.688 bits per heavy atom. The average Bonchev–Trinajstić information content (AvgIpc) is 2.67. The Morgan fingerprint density at radius 3 is 0.906 bits per heavy atom. The van der Waals surface area contributed by atoms with Crippen LogP contribution in [0.3, 0.4) is 0 Å². The number of hydrogen-bond donors (Lipinski definition) is 3. The van der Waals surface area contributed by atoms with E-state index < -0.39 is 53.0 Å². The predicted octanol–water partition coefficient (Wildman–Crippen LogP) is -1.81. The van der Waals surface area contributed by atoms with Crippen molar-refractivity contribution in [1.29, 1.82) is 0 Å². The topological polar surface area (TPSA) is 163 Å². The summed E-state index contributed by atoms with van der Waals surface area (Å²) < 4.78 is 101. The van der Waals surface area contributed by atoms with E-state index in [4.69, 9.17) is 0 Å². The molecule has 32 heavy (non-hydrogen) atoms. The third kappa shape index (κ3) is 5.84. The molecule has 0 saturated carbocycles. The van der Waals surface area contributed by atoms with Crippen molar-refractivity contribution < 1.29 is 68.5 Å². The second kappa shape index (κ2) is 9.98. The summed E-state index contributed by atoms with van der Waals surface area (Å²) in [5, 5.41) is -0.313. The summed E-state index contributed by atoms with van der Waals surface area (Å²) >= 11 is 0. The summed E-state index contributed by atoms with van der Waals surface area (Å²) in [5.74, 6) is 0. The van der Waals surface area contributed by atoms with E-state index >= 15 is 0 Å². The summed E-state index contributed by atoms with van der Waals surface area (Å²) in [7, 11) is -16.7. The van der Waals surface area contributed by atoms with Gasteiger partial charge in [-0.25, -0.2) is 0 Å². The van der Waals surface area contributed by atoms with Gasteiger partial charge in [-0.15, -0.1) is 0 Å². The van der Waals surface area contributed by atoms with E-state index in [1.807, 2.05) is 0 Å². The first-order valence-corrected chi connectivity index (χ1v) is 14.0.